The first-order valence-corrected chi connectivity index (χ1v) is 8.99. The highest BCUT2D eigenvalue weighted by atomic mass is 16.2. The van der Waals surface area contributed by atoms with Crippen LogP contribution in [0.25, 0.3) is 5.65 Å². The molecule has 1 amide bonds. The number of amides is 1. The molecule has 0 radical (unpaired) electrons. The minimum Gasteiger partial charge on any atom is -0.350 e. The van der Waals surface area contributed by atoms with Crippen molar-refractivity contribution in [1.29, 1.82) is 0 Å². The van der Waals surface area contributed by atoms with E-state index in [-0.39, 0.29) is 11.4 Å². The van der Waals surface area contributed by atoms with E-state index in [1.54, 1.807) is 0 Å². The van der Waals surface area contributed by atoms with Crippen molar-refractivity contribution in [2.24, 2.45) is 0 Å². The maximum absolute atomic E-state index is 12.1. The molecular formula is C19H29N5O. The Morgan fingerprint density at radius 3 is 2.52 bits per heavy atom. The molecule has 3 rings (SSSR count). The number of carbonyl (C=O) groups is 1. The van der Waals surface area contributed by atoms with Crippen LogP contribution in [-0.4, -0.2) is 63.4 Å². The van der Waals surface area contributed by atoms with Gasteiger partial charge in [-0.25, -0.2) is 4.98 Å². The summed E-state index contributed by atoms with van der Waals surface area (Å²) >= 11 is 0. The lowest BCUT2D eigenvalue weighted by molar-refractivity contribution is -0.124. The van der Waals surface area contributed by atoms with E-state index in [4.69, 9.17) is 4.98 Å². The van der Waals surface area contributed by atoms with Crippen molar-refractivity contribution in [2.45, 2.75) is 39.8 Å². The molecule has 0 aromatic carbocycles. The summed E-state index contributed by atoms with van der Waals surface area (Å²) in [5, 5.41) is 3.03. The first-order chi connectivity index (χ1) is 11.8. The molecule has 0 spiro atoms. The van der Waals surface area contributed by atoms with Gasteiger partial charge in [-0.3, -0.25) is 14.6 Å². The second-order valence-corrected chi connectivity index (χ2v) is 8.00. The lowest BCUT2D eigenvalue weighted by atomic mass is 10.1. The number of piperazine rings is 1. The summed E-state index contributed by atoms with van der Waals surface area (Å²) in [7, 11) is 0. The topological polar surface area (TPSA) is 52.9 Å². The zero-order valence-corrected chi connectivity index (χ0v) is 15.7. The number of imidazole rings is 1. The lowest BCUT2D eigenvalue weighted by Crippen LogP contribution is -2.51. The molecule has 0 bridgehead atoms. The van der Waals surface area contributed by atoms with Crippen molar-refractivity contribution in [3.63, 3.8) is 0 Å². The molecule has 6 heteroatoms. The van der Waals surface area contributed by atoms with E-state index in [1.165, 1.54) is 5.56 Å². The van der Waals surface area contributed by atoms with E-state index in [2.05, 4.69) is 44.8 Å². The first kappa shape index (κ1) is 17.9. The third kappa shape index (κ3) is 4.80. The molecule has 0 saturated carbocycles. The van der Waals surface area contributed by atoms with Crippen LogP contribution in [0, 0.1) is 6.92 Å². The maximum atomic E-state index is 12.1. The van der Waals surface area contributed by atoms with Crippen molar-refractivity contribution >= 4 is 11.6 Å². The Hall–Kier alpha value is -1.92. The zero-order valence-electron chi connectivity index (χ0n) is 15.7. The molecule has 0 aliphatic carbocycles. The molecule has 2 aromatic rings. The fourth-order valence-corrected chi connectivity index (χ4v) is 3.28. The van der Waals surface area contributed by atoms with Gasteiger partial charge >= 0.3 is 0 Å². The van der Waals surface area contributed by atoms with Gasteiger partial charge < -0.3 is 9.72 Å². The van der Waals surface area contributed by atoms with Crippen LogP contribution >= 0.6 is 0 Å². The Kier molecular flexibility index (Phi) is 5.11. The molecule has 1 aliphatic rings. The fourth-order valence-electron chi connectivity index (χ4n) is 3.28. The standard InChI is InChI=1S/C19H29N5O/c1-15-6-5-7-24-13-16(20-18(15)24)12-22-8-10-23(11-9-22)14-17(25)21-19(2,3)4/h5-7,13H,8-12,14H2,1-4H3,(H,21,25). The van der Waals surface area contributed by atoms with Crippen molar-refractivity contribution < 1.29 is 4.79 Å². The third-order valence-corrected chi connectivity index (χ3v) is 4.46. The van der Waals surface area contributed by atoms with E-state index in [1.807, 2.05) is 27.0 Å². The SMILES string of the molecule is Cc1cccn2cc(CN3CCN(CC(=O)NC(C)(C)C)CC3)nc12. The highest BCUT2D eigenvalue weighted by Crippen LogP contribution is 2.13. The number of fused-ring (bicyclic) bond motifs is 1. The molecule has 25 heavy (non-hydrogen) atoms. The summed E-state index contributed by atoms with van der Waals surface area (Å²) in [6.07, 6.45) is 4.16. The Labute approximate surface area is 149 Å². The Balaban J connectivity index is 1.50. The van der Waals surface area contributed by atoms with Gasteiger partial charge in [0.2, 0.25) is 5.91 Å². The van der Waals surface area contributed by atoms with Gasteiger partial charge in [-0.2, -0.15) is 0 Å². The largest absolute Gasteiger partial charge is 0.350 e. The van der Waals surface area contributed by atoms with Crippen LogP contribution in [0.5, 0.6) is 0 Å². The van der Waals surface area contributed by atoms with Gasteiger partial charge in [0.1, 0.15) is 5.65 Å². The monoisotopic (exact) mass is 343 g/mol. The van der Waals surface area contributed by atoms with Crippen LogP contribution in [0.4, 0.5) is 0 Å². The number of hydrogen-bond acceptors (Lipinski definition) is 4. The van der Waals surface area contributed by atoms with Gasteiger partial charge in [-0.15, -0.1) is 0 Å². The Morgan fingerprint density at radius 1 is 1.20 bits per heavy atom. The summed E-state index contributed by atoms with van der Waals surface area (Å²) in [6.45, 7) is 13.3. The number of carbonyl (C=O) groups excluding carboxylic acids is 1. The second-order valence-electron chi connectivity index (χ2n) is 8.00. The number of aryl methyl sites for hydroxylation is 1. The summed E-state index contributed by atoms with van der Waals surface area (Å²) in [5.41, 5.74) is 3.17. The predicted octanol–water partition coefficient (Wildman–Crippen LogP) is 1.68. The molecule has 3 heterocycles. The van der Waals surface area contributed by atoms with Crippen LogP contribution < -0.4 is 5.32 Å². The Bertz CT molecular complexity index is 738. The Morgan fingerprint density at radius 2 is 1.88 bits per heavy atom. The molecule has 1 aliphatic heterocycles. The van der Waals surface area contributed by atoms with Crippen LogP contribution in [0.2, 0.25) is 0 Å². The van der Waals surface area contributed by atoms with E-state index < -0.39 is 0 Å². The lowest BCUT2D eigenvalue weighted by Gasteiger charge is -2.34. The summed E-state index contributed by atoms with van der Waals surface area (Å²) < 4.78 is 2.09. The van der Waals surface area contributed by atoms with Crippen molar-refractivity contribution in [3.8, 4) is 0 Å². The number of hydrogen-bond donors (Lipinski definition) is 1. The van der Waals surface area contributed by atoms with Gasteiger partial charge in [-0.1, -0.05) is 6.07 Å². The van der Waals surface area contributed by atoms with Gasteiger partial charge in [0.25, 0.3) is 0 Å². The number of nitrogens with zero attached hydrogens (tertiary/aromatic N) is 4. The van der Waals surface area contributed by atoms with Gasteiger partial charge in [-0.05, 0) is 39.3 Å². The molecule has 1 fully saturated rings. The van der Waals surface area contributed by atoms with Crippen LogP contribution in [0.3, 0.4) is 0 Å². The highest BCUT2D eigenvalue weighted by molar-refractivity contribution is 5.78. The van der Waals surface area contributed by atoms with Gasteiger partial charge in [0.05, 0.1) is 12.2 Å². The molecule has 0 unspecified atom stereocenters. The summed E-state index contributed by atoms with van der Waals surface area (Å²) in [6, 6.07) is 4.14. The van der Waals surface area contributed by atoms with E-state index in [9.17, 15) is 4.79 Å². The minimum atomic E-state index is -0.167. The van der Waals surface area contributed by atoms with Crippen LogP contribution in [0.1, 0.15) is 32.0 Å². The minimum absolute atomic E-state index is 0.108. The van der Waals surface area contributed by atoms with Crippen LogP contribution in [-0.2, 0) is 11.3 Å². The summed E-state index contributed by atoms with van der Waals surface area (Å²) in [4.78, 5) is 21.4. The fraction of sp³-hybridized carbons (Fsp3) is 0.579. The average molecular weight is 343 g/mol. The highest BCUT2D eigenvalue weighted by Gasteiger charge is 2.21. The van der Waals surface area contributed by atoms with Crippen LogP contribution in [0.15, 0.2) is 24.5 Å². The molecule has 0 atom stereocenters. The average Bonchev–Trinajstić information content (AvgIpc) is 2.91. The summed E-state index contributed by atoms with van der Waals surface area (Å²) in [5.74, 6) is 0.108. The van der Waals surface area contributed by atoms with E-state index in [0.29, 0.717) is 6.54 Å². The smallest absolute Gasteiger partial charge is 0.234 e. The molecule has 1 N–H and O–H groups in total. The molecule has 6 nitrogen and oxygen atoms in total. The van der Waals surface area contributed by atoms with Gasteiger partial charge in [0, 0.05) is 50.7 Å². The van der Waals surface area contributed by atoms with E-state index in [0.717, 1.165) is 44.1 Å². The molecule has 136 valence electrons. The van der Waals surface area contributed by atoms with Crippen molar-refractivity contribution in [1.82, 2.24) is 24.5 Å². The molecule has 1 saturated heterocycles. The zero-order chi connectivity index (χ0) is 18.0. The number of aromatic nitrogens is 2. The second kappa shape index (κ2) is 7.14. The van der Waals surface area contributed by atoms with Gasteiger partial charge in [0.15, 0.2) is 0 Å². The molecular weight excluding hydrogens is 314 g/mol. The number of nitrogens with one attached hydrogen (secondary N) is 1. The quantitative estimate of drug-likeness (QED) is 0.918. The van der Waals surface area contributed by atoms with Crippen molar-refractivity contribution in [3.05, 3.63) is 35.8 Å². The number of rotatable bonds is 4. The van der Waals surface area contributed by atoms with E-state index >= 15 is 0 Å². The first-order valence-electron chi connectivity index (χ1n) is 8.99. The molecule has 2 aromatic heterocycles. The maximum Gasteiger partial charge on any atom is 0.234 e. The third-order valence-electron chi connectivity index (χ3n) is 4.46. The van der Waals surface area contributed by atoms with Crippen molar-refractivity contribution in [2.75, 3.05) is 32.7 Å². The number of pyridine rings is 1. The normalized spacial score (nSPS) is 17.1. The predicted molar refractivity (Wildman–Crippen MR) is 99.5 cm³/mol.